The lowest BCUT2D eigenvalue weighted by Crippen LogP contribution is -2.50. The molecule has 9 heteroatoms. The fourth-order valence-electron chi connectivity index (χ4n) is 5.13. The number of rotatable bonds is 7. The molecule has 0 radical (unpaired) electrons. The van der Waals surface area contributed by atoms with Crippen LogP contribution >= 0.6 is 0 Å². The van der Waals surface area contributed by atoms with E-state index < -0.39 is 21.7 Å². The molecule has 1 aliphatic heterocycles. The van der Waals surface area contributed by atoms with Gasteiger partial charge < -0.3 is 4.90 Å². The normalized spacial score (nSPS) is 16.4. The standard InChI is InChI=1S/C30H30F2N4O2S/c1-20-16-25(29(32)27(31)17-20)19-35-14-15-36(21(2)18-35)22(3)23-9-11-26(12-10-23)34-39(37,38)28-8-4-6-24-7-5-13-33-30(24)28/h4-13,16-17,21,34H,3,14-15,18-19H2,1-2H3/t21-/m1/s1. The first-order chi connectivity index (χ1) is 18.6. The van der Waals surface area contributed by atoms with E-state index in [1.54, 1.807) is 49.5 Å². The molecular weight excluding hydrogens is 518 g/mol. The molecule has 1 saturated heterocycles. The lowest BCUT2D eigenvalue weighted by Gasteiger charge is -2.42. The van der Waals surface area contributed by atoms with Gasteiger partial charge in [0, 0.05) is 60.8 Å². The van der Waals surface area contributed by atoms with Crippen molar-refractivity contribution in [2.75, 3.05) is 24.4 Å². The highest BCUT2D eigenvalue weighted by Gasteiger charge is 2.26. The zero-order chi connectivity index (χ0) is 27.7. The number of aryl methyl sites for hydroxylation is 1. The maximum atomic E-state index is 14.3. The third-order valence-electron chi connectivity index (χ3n) is 7.06. The summed E-state index contributed by atoms with van der Waals surface area (Å²) in [6.07, 6.45) is 1.57. The summed E-state index contributed by atoms with van der Waals surface area (Å²) in [4.78, 5) is 8.67. The van der Waals surface area contributed by atoms with Gasteiger partial charge in [0.05, 0.1) is 5.52 Å². The maximum Gasteiger partial charge on any atom is 0.264 e. The molecule has 0 bridgehead atoms. The first-order valence-corrected chi connectivity index (χ1v) is 14.2. The molecule has 0 amide bonds. The summed E-state index contributed by atoms with van der Waals surface area (Å²) in [6.45, 7) is 10.5. The van der Waals surface area contributed by atoms with Crippen LogP contribution < -0.4 is 4.72 Å². The predicted molar refractivity (Wildman–Crippen MR) is 151 cm³/mol. The van der Waals surface area contributed by atoms with Gasteiger partial charge >= 0.3 is 0 Å². The highest BCUT2D eigenvalue weighted by molar-refractivity contribution is 7.93. The molecule has 3 aromatic carbocycles. The Morgan fingerprint density at radius 2 is 1.82 bits per heavy atom. The molecule has 0 aliphatic carbocycles. The molecule has 0 unspecified atom stereocenters. The van der Waals surface area contributed by atoms with E-state index in [1.165, 1.54) is 6.07 Å². The molecule has 6 nitrogen and oxygen atoms in total. The molecule has 2 heterocycles. The minimum absolute atomic E-state index is 0.0982. The van der Waals surface area contributed by atoms with E-state index in [4.69, 9.17) is 0 Å². The van der Waals surface area contributed by atoms with Gasteiger partial charge in [0.1, 0.15) is 4.90 Å². The van der Waals surface area contributed by atoms with Crippen molar-refractivity contribution >= 4 is 32.3 Å². The van der Waals surface area contributed by atoms with Crippen LogP contribution in [0, 0.1) is 18.6 Å². The second-order valence-corrected chi connectivity index (χ2v) is 11.6. The first-order valence-electron chi connectivity index (χ1n) is 12.7. The van der Waals surface area contributed by atoms with Gasteiger partial charge in [-0.15, -0.1) is 0 Å². The fourth-order valence-corrected chi connectivity index (χ4v) is 6.37. The average molecular weight is 549 g/mol. The molecule has 5 rings (SSSR count). The molecular formula is C30H30F2N4O2S. The predicted octanol–water partition coefficient (Wildman–Crippen LogP) is 5.80. The minimum atomic E-state index is -3.84. The SMILES string of the molecule is C=C(c1ccc(NS(=O)(=O)c2cccc3cccnc23)cc1)N1CCN(Cc2cc(C)cc(F)c2F)C[C@H]1C. The van der Waals surface area contributed by atoms with E-state index in [1.807, 2.05) is 24.3 Å². The van der Waals surface area contributed by atoms with Gasteiger partial charge in [-0.1, -0.05) is 43.0 Å². The Morgan fingerprint density at radius 1 is 1.08 bits per heavy atom. The van der Waals surface area contributed by atoms with E-state index in [9.17, 15) is 17.2 Å². The molecule has 39 heavy (non-hydrogen) atoms. The number of aromatic nitrogens is 1. The van der Waals surface area contributed by atoms with E-state index in [0.717, 1.165) is 16.6 Å². The summed E-state index contributed by atoms with van der Waals surface area (Å²) in [7, 11) is -3.84. The summed E-state index contributed by atoms with van der Waals surface area (Å²) >= 11 is 0. The third-order valence-corrected chi connectivity index (χ3v) is 8.47. The number of nitrogens with zero attached hydrogens (tertiary/aromatic N) is 3. The van der Waals surface area contributed by atoms with E-state index in [-0.39, 0.29) is 10.9 Å². The maximum absolute atomic E-state index is 14.3. The Labute approximate surface area is 227 Å². The Bertz CT molecular complexity index is 1640. The van der Waals surface area contributed by atoms with Gasteiger partial charge in [0.15, 0.2) is 11.6 Å². The van der Waals surface area contributed by atoms with Crippen LogP contribution in [-0.4, -0.2) is 48.9 Å². The van der Waals surface area contributed by atoms with E-state index >= 15 is 0 Å². The number of hydrogen-bond acceptors (Lipinski definition) is 5. The first kappa shape index (κ1) is 26.8. The molecule has 1 aromatic heterocycles. The number of sulfonamides is 1. The number of pyridine rings is 1. The third kappa shape index (κ3) is 5.65. The number of nitrogens with one attached hydrogen (secondary N) is 1. The van der Waals surface area contributed by atoms with Crippen molar-refractivity contribution in [1.82, 2.24) is 14.8 Å². The number of piperazine rings is 1. The van der Waals surface area contributed by atoms with Gasteiger partial charge in [-0.3, -0.25) is 14.6 Å². The number of halogens is 2. The lowest BCUT2D eigenvalue weighted by atomic mass is 10.1. The van der Waals surface area contributed by atoms with Crippen LogP contribution in [0.25, 0.3) is 16.6 Å². The minimum Gasteiger partial charge on any atom is -0.366 e. The fraction of sp³-hybridized carbons (Fsp3) is 0.233. The second-order valence-electron chi connectivity index (χ2n) is 9.96. The van der Waals surface area contributed by atoms with Crippen LogP contribution in [0.1, 0.15) is 23.6 Å². The zero-order valence-corrected chi connectivity index (χ0v) is 22.7. The Balaban J connectivity index is 1.24. The smallest absolute Gasteiger partial charge is 0.264 e. The number of para-hydroxylation sites is 1. The lowest BCUT2D eigenvalue weighted by molar-refractivity contribution is 0.122. The van der Waals surface area contributed by atoms with Gasteiger partial charge in [0.25, 0.3) is 10.0 Å². The Morgan fingerprint density at radius 3 is 2.56 bits per heavy atom. The van der Waals surface area contributed by atoms with Crippen molar-refractivity contribution in [1.29, 1.82) is 0 Å². The van der Waals surface area contributed by atoms with Crippen molar-refractivity contribution in [2.24, 2.45) is 0 Å². The van der Waals surface area contributed by atoms with Crippen LogP contribution in [0.5, 0.6) is 0 Å². The second kappa shape index (κ2) is 10.7. The van der Waals surface area contributed by atoms with Crippen LogP contribution in [0.3, 0.4) is 0 Å². The number of benzene rings is 3. The van der Waals surface area contributed by atoms with Crippen molar-refractivity contribution in [2.45, 2.75) is 31.3 Å². The Kier molecular flexibility index (Phi) is 7.38. The highest BCUT2D eigenvalue weighted by Crippen LogP contribution is 2.27. The zero-order valence-electron chi connectivity index (χ0n) is 21.9. The van der Waals surface area contributed by atoms with Crippen molar-refractivity contribution in [3.63, 3.8) is 0 Å². The van der Waals surface area contributed by atoms with Crippen LogP contribution in [-0.2, 0) is 16.6 Å². The molecule has 0 spiro atoms. The quantitative estimate of drug-likeness (QED) is 0.316. The molecule has 1 N–H and O–H groups in total. The largest absolute Gasteiger partial charge is 0.366 e. The molecule has 1 atom stereocenters. The molecule has 1 fully saturated rings. The van der Waals surface area contributed by atoms with Gasteiger partial charge in [-0.25, -0.2) is 17.2 Å². The highest BCUT2D eigenvalue weighted by atomic mass is 32.2. The number of fused-ring (bicyclic) bond motifs is 1. The van der Waals surface area contributed by atoms with Gasteiger partial charge in [0.2, 0.25) is 0 Å². The summed E-state index contributed by atoms with van der Waals surface area (Å²) in [5.41, 5.74) is 3.61. The number of hydrogen-bond donors (Lipinski definition) is 1. The molecule has 1 aliphatic rings. The topological polar surface area (TPSA) is 65.5 Å². The monoisotopic (exact) mass is 548 g/mol. The summed E-state index contributed by atoms with van der Waals surface area (Å²) < 4.78 is 57.0. The Hall–Kier alpha value is -3.82. The molecule has 202 valence electrons. The van der Waals surface area contributed by atoms with Crippen molar-refractivity contribution in [3.8, 4) is 0 Å². The molecule has 4 aromatic rings. The van der Waals surface area contributed by atoms with Crippen molar-refractivity contribution < 1.29 is 17.2 Å². The van der Waals surface area contributed by atoms with Crippen LogP contribution in [0.15, 0.2) is 84.4 Å². The van der Waals surface area contributed by atoms with Gasteiger partial charge in [-0.05, 0) is 55.3 Å². The average Bonchev–Trinajstić information content (AvgIpc) is 2.91. The molecule has 0 saturated carbocycles. The van der Waals surface area contributed by atoms with Crippen LogP contribution in [0.4, 0.5) is 14.5 Å². The summed E-state index contributed by atoms with van der Waals surface area (Å²) in [5.74, 6) is -1.60. The van der Waals surface area contributed by atoms with Crippen LogP contribution in [0.2, 0.25) is 0 Å². The van der Waals surface area contributed by atoms with E-state index in [2.05, 4.69) is 33.0 Å². The number of anilines is 1. The van der Waals surface area contributed by atoms with Crippen molar-refractivity contribution in [3.05, 3.63) is 108 Å². The van der Waals surface area contributed by atoms with E-state index in [0.29, 0.717) is 48.5 Å². The summed E-state index contributed by atoms with van der Waals surface area (Å²) in [6, 6.07) is 18.8. The van der Waals surface area contributed by atoms with Gasteiger partial charge in [-0.2, -0.15) is 0 Å². The summed E-state index contributed by atoms with van der Waals surface area (Å²) in [5, 5.41) is 0.748.